The zero-order chi connectivity index (χ0) is 21.9. The number of thioether (sulfide) groups is 1. The zero-order valence-corrected chi connectivity index (χ0v) is 18.1. The van der Waals surface area contributed by atoms with Crippen molar-refractivity contribution in [2.24, 2.45) is 17.6 Å². The summed E-state index contributed by atoms with van der Waals surface area (Å²) in [6.07, 6.45) is 2.86. The first-order valence-corrected chi connectivity index (χ1v) is 10.8. The van der Waals surface area contributed by atoms with Crippen LogP contribution in [-0.2, 0) is 19.2 Å². The van der Waals surface area contributed by atoms with Crippen LogP contribution in [0.3, 0.4) is 0 Å². The number of carbonyl (C=O) groups excluding carboxylic acids is 3. The molecule has 0 aromatic carbocycles. The van der Waals surface area contributed by atoms with E-state index in [-0.39, 0.29) is 24.8 Å². The summed E-state index contributed by atoms with van der Waals surface area (Å²) in [6, 6.07) is -2.65. The Bertz CT molecular complexity index is 544. The van der Waals surface area contributed by atoms with Crippen LogP contribution < -0.4 is 21.7 Å². The zero-order valence-electron chi connectivity index (χ0n) is 17.3. The molecule has 28 heavy (non-hydrogen) atoms. The van der Waals surface area contributed by atoms with Gasteiger partial charge in [0.25, 0.3) is 0 Å². The molecule has 9 nitrogen and oxygen atoms in total. The Kier molecular flexibility index (Phi) is 12.5. The lowest BCUT2D eigenvalue weighted by Crippen LogP contribution is -2.55. The van der Waals surface area contributed by atoms with E-state index in [1.54, 1.807) is 13.8 Å². The molecule has 6 N–H and O–H groups in total. The highest BCUT2D eigenvalue weighted by Crippen LogP contribution is 2.06. The quantitative estimate of drug-likeness (QED) is 0.281. The molecular formula is C18H34N4O5S. The minimum atomic E-state index is -1.12. The van der Waals surface area contributed by atoms with Crippen LogP contribution in [0, 0.1) is 11.8 Å². The summed E-state index contributed by atoms with van der Waals surface area (Å²) in [7, 11) is 0. The fourth-order valence-corrected chi connectivity index (χ4v) is 2.78. The van der Waals surface area contributed by atoms with Crippen LogP contribution in [0.25, 0.3) is 0 Å². The van der Waals surface area contributed by atoms with E-state index >= 15 is 0 Å². The van der Waals surface area contributed by atoms with Crippen molar-refractivity contribution in [3.63, 3.8) is 0 Å². The van der Waals surface area contributed by atoms with Crippen molar-refractivity contribution in [2.45, 2.75) is 58.7 Å². The smallest absolute Gasteiger partial charge is 0.326 e. The topological polar surface area (TPSA) is 151 Å². The van der Waals surface area contributed by atoms with Crippen LogP contribution >= 0.6 is 11.8 Å². The molecule has 0 spiro atoms. The first-order valence-electron chi connectivity index (χ1n) is 9.39. The number of carbonyl (C=O) groups is 4. The first-order chi connectivity index (χ1) is 13.0. The predicted octanol–water partition coefficient (Wildman–Crippen LogP) is -0.0607. The van der Waals surface area contributed by atoms with Crippen LogP contribution in [0.4, 0.5) is 0 Å². The van der Waals surface area contributed by atoms with Gasteiger partial charge in [0.15, 0.2) is 0 Å². The number of hydrogen-bond acceptors (Lipinski definition) is 6. The average Bonchev–Trinajstić information content (AvgIpc) is 2.65. The molecule has 0 saturated carbocycles. The summed E-state index contributed by atoms with van der Waals surface area (Å²) in [4.78, 5) is 47.9. The molecule has 0 aliphatic carbocycles. The number of rotatable bonds is 13. The van der Waals surface area contributed by atoms with Crippen LogP contribution in [0.2, 0.25) is 0 Å². The maximum atomic E-state index is 12.5. The van der Waals surface area contributed by atoms with Crippen molar-refractivity contribution in [3.8, 4) is 0 Å². The van der Waals surface area contributed by atoms with Crippen molar-refractivity contribution in [3.05, 3.63) is 0 Å². The third-order valence-electron chi connectivity index (χ3n) is 4.47. The molecule has 0 heterocycles. The molecule has 4 unspecified atom stereocenters. The normalized spacial score (nSPS) is 15.2. The lowest BCUT2D eigenvalue weighted by molar-refractivity contribution is -0.142. The third kappa shape index (κ3) is 9.41. The SMILES string of the molecule is CCC(C)C(N)C(=O)NCC(=O)NC(C(=O)NC(CCSC)C(=O)O)C(C)C. The third-order valence-corrected chi connectivity index (χ3v) is 5.12. The molecular weight excluding hydrogens is 384 g/mol. The number of hydrogen-bond donors (Lipinski definition) is 5. The van der Waals surface area contributed by atoms with Gasteiger partial charge in [-0.05, 0) is 30.3 Å². The summed E-state index contributed by atoms with van der Waals surface area (Å²) >= 11 is 1.48. The molecule has 0 radical (unpaired) electrons. The van der Waals surface area contributed by atoms with Gasteiger partial charge >= 0.3 is 5.97 Å². The van der Waals surface area contributed by atoms with Gasteiger partial charge in [0, 0.05) is 0 Å². The molecule has 0 aliphatic heterocycles. The second kappa shape index (κ2) is 13.4. The molecule has 4 atom stereocenters. The summed E-state index contributed by atoms with van der Waals surface area (Å²) in [6.45, 7) is 6.92. The van der Waals surface area contributed by atoms with E-state index in [2.05, 4.69) is 16.0 Å². The van der Waals surface area contributed by atoms with E-state index in [4.69, 9.17) is 5.73 Å². The lowest BCUT2D eigenvalue weighted by Gasteiger charge is -2.24. The Balaban J connectivity index is 4.79. The van der Waals surface area contributed by atoms with Crippen molar-refractivity contribution >= 4 is 35.5 Å². The monoisotopic (exact) mass is 418 g/mol. The maximum Gasteiger partial charge on any atom is 0.326 e. The molecule has 0 bridgehead atoms. The van der Waals surface area contributed by atoms with Gasteiger partial charge in [0.1, 0.15) is 12.1 Å². The number of nitrogens with one attached hydrogen (secondary N) is 3. The first kappa shape index (κ1) is 26.2. The van der Waals surface area contributed by atoms with E-state index < -0.39 is 41.8 Å². The summed E-state index contributed by atoms with van der Waals surface area (Å²) in [5, 5.41) is 16.7. The minimum absolute atomic E-state index is 0.0218. The number of carboxylic acids is 1. The lowest BCUT2D eigenvalue weighted by atomic mass is 9.99. The molecule has 10 heteroatoms. The van der Waals surface area contributed by atoms with Gasteiger partial charge in [-0.3, -0.25) is 14.4 Å². The second-order valence-electron chi connectivity index (χ2n) is 7.10. The summed E-state index contributed by atoms with van der Waals surface area (Å²) in [5.41, 5.74) is 5.81. The second-order valence-corrected chi connectivity index (χ2v) is 8.08. The molecule has 3 amide bonds. The van der Waals surface area contributed by atoms with E-state index in [1.807, 2.05) is 20.1 Å². The Morgan fingerprint density at radius 1 is 1.07 bits per heavy atom. The largest absolute Gasteiger partial charge is 0.480 e. The fourth-order valence-electron chi connectivity index (χ4n) is 2.31. The average molecular weight is 419 g/mol. The van der Waals surface area contributed by atoms with E-state index in [0.717, 1.165) is 6.42 Å². The predicted molar refractivity (Wildman–Crippen MR) is 110 cm³/mol. The van der Waals surface area contributed by atoms with Gasteiger partial charge in [-0.2, -0.15) is 11.8 Å². The molecule has 162 valence electrons. The van der Waals surface area contributed by atoms with Gasteiger partial charge in [0.2, 0.25) is 17.7 Å². The van der Waals surface area contributed by atoms with Crippen molar-refractivity contribution in [1.82, 2.24) is 16.0 Å². The van der Waals surface area contributed by atoms with Gasteiger partial charge in [-0.25, -0.2) is 4.79 Å². The Morgan fingerprint density at radius 2 is 1.68 bits per heavy atom. The molecule has 0 aliphatic rings. The molecule has 0 aromatic heterocycles. The van der Waals surface area contributed by atoms with Crippen LogP contribution in [0.15, 0.2) is 0 Å². The number of aliphatic carboxylic acids is 1. The van der Waals surface area contributed by atoms with Crippen molar-refractivity contribution in [1.29, 1.82) is 0 Å². The Morgan fingerprint density at radius 3 is 2.14 bits per heavy atom. The standard InChI is InChI=1S/C18H34N4O5S/c1-6-11(4)14(19)16(24)20-9-13(23)22-15(10(2)3)17(25)21-12(18(26)27)7-8-28-5/h10-12,14-15H,6-9,19H2,1-5H3,(H,20,24)(H,21,25)(H,22,23)(H,26,27). The minimum Gasteiger partial charge on any atom is -0.480 e. The van der Waals surface area contributed by atoms with Crippen molar-refractivity contribution < 1.29 is 24.3 Å². The van der Waals surface area contributed by atoms with Gasteiger partial charge in [0.05, 0.1) is 12.6 Å². The Hall–Kier alpha value is -1.81. The van der Waals surface area contributed by atoms with E-state index in [1.165, 1.54) is 11.8 Å². The highest BCUT2D eigenvalue weighted by atomic mass is 32.2. The highest BCUT2D eigenvalue weighted by Gasteiger charge is 2.28. The number of nitrogens with two attached hydrogens (primary N) is 1. The van der Waals surface area contributed by atoms with E-state index in [9.17, 15) is 24.3 Å². The maximum absolute atomic E-state index is 12.5. The van der Waals surface area contributed by atoms with Gasteiger partial charge in [-0.1, -0.05) is 34.1 Å². The molecule has 0 aromatic rings. The van der Waals surface area contributed by atoms with Crippen LogP contribution in [0.5, 0.6) is 0 Å². The van der Waals surface area contributed by atoms with Crippen LogP contribution in [0.1, 0.15) is 40.5 Å². The van der Waals surface area contributed by atoms with Crippen molar-refractivity contribution in [2.75, 3.05) is 18.6 Å². The fraction of sp³-hybridized carbons (Fsp3) is 0.778. The van der Waals surface area contributed by atoms with E-state index in [0.29, 0.717) is 5.75 Å². The summed E-state index contributed by atoms with van der Waals surface area (Å²) in [5.74, 6) is -2.38. The molecule has 0 rings (SSSR count). The highest BCUT2D eigenvalue weighted by molar-refractivity contribution is 7.98. The van der Waals surface area contributed by atoms with Gasteiger partial charge < -0.3 is 26.8 Å². The molecule has 0 fully saturated rings. The number of amides is 3. The number of carboxylic acid groups (broad SMARTS) is 1. The Labute approximate surface area is 170 Å². The molecule has 0 saturated heterocycles. The van der Waals surface area contributed by atoms with Gasteiger partial charge in [-0.15, -0.1) is 0 Å². The van der Waals surface area contributed by atoms with Crippen LogP contribution in [-0.4, -0.2) is 65.5 Å². The summed E-state index contributed by atoms with van der Waals surface area (Å²) < 4.78 is 0.